The molecule has 0 saturated carbocycles. The number of hydrogen-bond donors (Lipinski definition) is 3. The van der Waals surface area contributed by atoms with Crippen molar-refractivity contribution >= 4 is 10.0 Å². The summed E-state index contributed by atoms with van der Waals surface area (Å²) in [5.74, 6) is -0.186. The topological polar surface area (TPSA) is 92.4 Å². The molecule has 0 amide bonds. The molecule has 0 heterocycles. The SMILES string of the molecule is CCCS(=O)(=O)NC(O)[C@](C)(N)CC(F)F. The minimum Gasteiger partial charge on any atom is -0.376 e. The predicted octanol–water partition coefficient (Wildman–Crippen LogP) is 0.00680. The molecular weight excluding hydrogens is 242 g/mol. The number of aliphatic hydroxyl groups excluding tert-OH is 1. The smallest absolute Gasteiger partial charge is 0.240 e. The highest BCUT2D eigenvalue weighted by molar-refractivity contribution is 7.89. The van der Waals surface area contributed by atoms with Crippen molar-refractivity contribution in [3.05, 3.63) is 0 Å². The Morgan fingerprint density at radius 2 is 2.00 bits per heavy atom. The van der Waals surface area contributed by atoms with Gasteiger partial charge in [-0.1, -0.05) is 6.92 Å². The Morgan fingerprint density at radius 1 is 1.50 bits per heavy atom. The summed E-state index contributed by atoms with van der Waals surface area (Å²) >= 11 is 0. The van der Waals surface area contributed by atoms with Crippen LogP contribution in [-0.4, -0.2) is 37.5 Å². The molecule has 0 aromatic heterocycles. The Hall–Kier alpha value is -0.310. The van der Waals surface area contributed by atoms with Gasteiger partial charge < -0.3 is 10.8 Å². The quantitative estimate of drug-likeness (QED) is 0.562. The van der Waals surface area contributed by atoms with Gasteiger partial charge in [0.15, 0.2) is 0 Å². The van der Waals surface area contributed by atoms with E-state index in [1.807, 2.05) is 4.72 Å². The van der Waals surface area contributed by atoms with Gasteiger partial charge in [-0.15, -0.1) is 0 Å². The predicted molar refractivity (Wildman–Crippen MR) is 56.4 cm³/mol. The fraction of sp³-hybridized carbons (Fsp3) is 1.00. The standard InChI is InChI=1S/C8H18F2N2O3S/c1-3-4-16(14,15)12-7(13)8(2,11)5-6(9)10/h6-7,12-13H,3-5,11H2,1-2H3/t7?,8-/m1/s1. The molecule has 0 aliphatic heterocycles. The van der Waals surface area contributed by atoms with E-state index in [-0.39, 0.29) is 5.75 Å². The Kier molecular flexibility index (Phi) is 5.74. The minimum atomic E-state index is -3.67. The second kappa shape index (κ2) is 5.85. The average molecular weight is 260 g/mol. The molecular formula is C8H18F2N2O3S. The van der Waals surface area contributed by atoms with Gasteiger partial charge in [-0.2, -0.15) is 4.72 Å². The third kappa shape index (κ3) is 5.69. The first-order valence-corrected chi connectivity index (χ1v) is 6.51. The molecule has 0 saturated heterocycles. The lowest BCUT2D eigenvalue weighted by Crippen LogP contribution is -2.57. The highest BCUT2D eigenvalue weighted by Crippen LogP contribution is 2.16. The number of alkyl halides is 2. The molecule has 0 rings (SSSR count). The van der Waals surface area contributed by atoms with Crippen LogP contribution >= 0.6 is 0 Å². The number of hydrogen-bond acceptors (Lipinski definition) is 4. The van der Waals surface area contributed by atoms with E-state index in [0.29, 0.717) is 6.42 Å². The molecule has 0 aliphatic rings. The van der Waals surface area contributed by atoms with Crippen LogP contribution in [0.15, 0.2) is 0 Å². The van der Waals surface area contributed by atoms with E-state index in [4.69, 9.17) is 5.73 Å². The highest BCUT2D eigenvalue weighted by atomic mass is 32.2. The summed E-state index contributed by atoms with van der Waals surface area (Å²) in [6.45, 7) is 2.81. The van der Waals surface area contributed by atoms with Crippen molar-refractivity contribution in [2.24, 2.45) is 5.73 Å². The fourth-order valence-corrected chi connectivity index (χ4v) is 2.34. The summed E-state index contributed by atoms with van der Waals surface area (Å²) in [6.07, 6.45) is -4.86. The van der Waals surface area contributed by atoms with E-state index in [1.54, 1.807) is 6.92 Å². The summed E-state index contributed by atoms with van der Waals surface area (Å²) in [6, 6.07) is 0. The third-order valence-corrected chi connectivity index (χ3v) is 3.51. The van der Waals surface area contributed by atoms with Gasteiger partial charge in [0.2, 0.25) is 16.4 Å². The monoisotopic (exact) mass is 260 g/mol. The number of rotatable bonds is 7. The Labute approximate surface area is 94.1 Å². The molecule has 0 bridgehead atoms. The molecule has 5 nitrogen and oxygen atoms in total. The highest BCUT2D eigenvalue weighted by Gasteiger charge is 2.34. The van der Waals surface area contributed by atoms with Gasteiger partial charge in [-0.25, -0.2) is 17.2 Å². The zero-order valence-electron chi connectivity index (χ0n) is 9.28. The first-order chi connectivity index (χ1) is 7.10. The lowest BCUT2D eigenvalue weighted by atomic mass is 9.98. The number of nitrogens with one attached hydrogen (secondary N) is 1. The summed E-state index contributed by atoms with van der Waals surface area (Å²) in [5, 5.41) is 9.44. The summed E-state index contributed by atoms with van der Waals surface area (Å²) in [4.78, 5) is 0. The normalized spacial score (nSPS) is 18.4. The average Bonchev–Trinajstić information content (AvgIpc) is 1.99. The van der Waals surface area contributed by atoms with Gasteiger partial charge in [0, 0.05) is 6.42 Å². The maximum absolute atomic E-state index is 12.1. The first-order valence-electron chi connectivity index (χ1n) is 4.86. The number of nitrogens with two attached hydrogens (primary N) is 1. The molecule has 98 valence electrons. The van der Waals surface area contributed by atoms with Crippen molar-refractivity contribution < 1.29 is 22.3 Å². The third-order valence-electron chi connectivity index (χ3n) is 1.98. The van der Waals surface area contributed by atoms with Crippen LogP contribution in [0.5, 0.6) is 0 Å². The summed E-state index contributed by atoms with van der Waals surface area (Å²) in [7, 11) is -3.67. The molecule has 2 atom stereocenters. The largest absolute Gasteiger partial charge is 0.376 e. The molecule has 0 radical (unpaired) electrons. The Balaban J connectivity index is 4.50. The van der Waals surface area contributed by atoms with Crippen LogP contribution in [-0.2, 0) is 10.0 Å². The number of aliphatic hydroxyl groups is 1. The van der Waals surface area contributed by atoms with Crippen LogP contribution < -0.4 is 10.5 Å². The molecule has 1 unspecified atom stereocenters. The van der Waals surface area contributed by atoms with E-state index in [0.717, 1.165) is 6.92 Å². The second-order valence-corrected chi connectivity index (χ2v) is 5.81. The van der Waals surface area contributed by atoms with Crippen LogP contribution in [0.2, 0.25) is 0 Å². The lowest BCUT2D eigenvalue weighted by Gasteiger charge is -2.30. The molecule has 16 heavy (non-hydrogen) atoms. The van der Waals surface area contributed by atoms with Crippen molar-refractivity contribution in [2.45, 2.75) is 44.9 Å². The van der Waals surface area contributed by atoms with Gasteiger partial charge in [-0.3, -0.25) is 0 Å². The molecule has 0 fully saturated rings. The van der Waals surface area contributed by atoms with Gasteiger partial charge in [-0.05, 0) is 13.3 Å². The van der Waals surface area contributed by atoms with Crippen LogP contribution in [0.25, 0.3) is 0 Å². The number of sulfonamides is 1. The van der Waals surface area contributed by atoms with E-state index < -0.39 is 34.6 Å². The maximum atomic E-state index is 12.1. The minimum absolute atomic E-state index is 0.186. The molecule has 0 aromatic rings. The fourth-order valence-electron chi connectivity index (χ4n) is 1.08. The maximum Gasteiger partial charge on any atom is 0.240 e. The van der Waals surface area contributed by atoms with Gasteiger partial charge in [0.05, 0.1) is 11.3 Å². The zero-order chi connectivity index (χ0) is 13.0. The molecule has 8 heteroatoms. The first kappa shape index (κ1) is 15.7. The van der Waals surface area contributed by atoms with Crippen molar-refractivity contribution in [1.29, 1.82) is 0 Å². The Morgan fingerprint density at radius 3 is 2.38 bits per heavy atom. The van der Waals surface area contributed by atoms with Crippen molar-refractivity contribution in [1.82, 2.24) is 4.72 Å². The van der Waals surface area contributed by atoms with Gasteiger partial charge in [0.25, 0.3) is 0 Å². The molecule has 0 spiro atoms. The van der Waals surface area contributed by atoms with Crippen molar-refractivity contribution in [2.75, 3.05) is 5.75 Å². The van der Waals surface area contributed by atoms with Crippen LogP contribution in [0, 0.1) is 0 Å². The van der Waals surface area contributed by atoms with Gasteiger partial charge in [0.1, 0.15) is 6.23 Å². The summed E-state index contributed by atoms with van der Waals surface area (Å²) in [5.41, 5.74) is 3.71. The van der Waals surface area contributed by atoms with E-state index in [2.05, 4.69) is 0 Å². The van der Waals surface area contributed by atoms with E-state index >= 15 is 0 Å². The van der Waals surface area contributed by atoms with Crippen molar-refractivity contribution in [3.8, 4) is 0 Å². The van der Waals surface area contributed by atoms with Crippen LogP contribution in [0.3, 0.4) is 0 Å². The summed E-state index contributed by atoms with van der Waals surface area (Å²) < 4.78 is 48.6. The molecule has 0 aliphatic carbocycles. The molecule has 0 aromatic carbocycles. The van der Waals surface area contributed by atoms with Crippen LogP contribution in [0.4, 0.5) is 8.78 Å². The van der Waals surface area contributed by atoms with Crippen LogP contribution in [0.1, 0.15) is 26.7 Å². The van der Waals surface area contributed by atoms with E-state index in [1.165, 1.54) is 0 Å². The molecule has 4 N–H and O–H groups in total. The van der Waals surface area contributed by atoms with Crippen molar-refractivity contribution in [3.63, 3.8) is 0 Å². The van der Waals surface area contributed by atoms with Gasteiger partial charge >= 0.3 is 0 Å². The second-order valence-electron chi connectivity index (χ2n) is 3.94. The van der Waals surface area contributed by atoms with E-state index in [9.17, 15) is 22.3 Å². The number of halogens is 2. The zero-order valence-corrected chi connectivity index (χ0v) is 10.1. The lowest BCUT2D eigenvalue weighted by molar-refractivity contribution is 0.0310. The Bertz CT molecular complexity index is 306.